The lowest BCUT2D eigenvalue weighted by molar-refractivity contribution is -0.142. The van der Waals surface area contributed by atoms with Crippen LogP contribution in [0.15, 0.2) is 17.5 Å². The predicted octanol–water partition coefficient (Wildman–Crippen LogP) is -4.32. The molecule has 13 N–H and O–H groups in total. The van der Waals surface area contributed by atoms with Gasteiger partial charge in [-0.05, 0) is 12.8 Å². The van der Waals surface area contributed by atoms with Gasteiger partial charge in [-0.3, -0.25) is 24.2 Å². The fourth-order valence-corrected chi connectivity index (χ4v) is 3.17. The number of carboxylic acid groups (broad SMARTS) is 1. The highest BCUT2D eigenvalue weighted by molar-refractivity contribution is 7.80. The zero-order valence-electron chi connectivity index (χ0n) is 19.3. The topological polar surface area (TPSA) is 287 Å². The number of hydrogen-bond acceptors (Lipinski definition) is 9. The van der Waals surface area contributed by atoms with Gasteiger partial charge in [-0.2, -0.15) is 12.6 Å². The molecular weight excluding hydrogens is 496 g/mol. The number of H-pyrrole nitrogens is 1. The summed E-state index contributed by atoms with van der Waals surface area (Å²) in [6, 6.07) is -5.08. The summed E-state index contributed by atoms with van der Waals surface area (Å²) in [5, 5.41) is 16.4. The van der Waals surface area contributed by atoms with Gasteiger partial charge in [-0.15, -0.1) is 0 Å². The van der Waals surface area contributed by atoms with E-state index in [1.807, 2.05) is 0 Å². The number of nitrogens with zero attached hydrogens (tertiary/aromatic N) is 2. The van der Waals surface area contributed by atoms with Gasteiger partial charge in [-0.1, -0.05) is 0 Å². The molecule has 16 nitrogen and oxygen atoms in total. The summed E-state index contributed by atoms with van der Waals surface area (Å²) in [7, 11) is 0. The van der Waals surface area contributed by atoms with Crippen LogP contribution < -0.4 is 38.9 Å². The molecule has 0 aromatic carbocycles. The highest BCUT2D eigenvalue weighted by Gasteiger charge is 2.30. The quantitative estimate of drug-likeness (QED) is 0.0426. The molecule has 0 aliphatic carbocycles. The lowest BCUT2D eigenvalue weighted by Gasteiger charge is -2.24. The number of amides is 4. The van der Waals surface area contributed by atoms with Crippen LogP contribution in [0.25, 0.3) is 0 Å². The van der Waals surface area contributed by atoms with Crippen molar-refractivity contribution in [1.82, 2.24) is 25.9 Å². The first kappa shape index (κ1) is 30.2. The van der Waals surface area contributed by atoms with Crippen LogP contribution in [-0.2, 0) is 30.4 Å². The number of aliphatic imine (C=N–C) groups is 1. The van der Waals surface area contributed by atoms with Crippen LogP contribution in [-0.4, -0.2) is 87.1 Å². The molecule has 0 bridgehead atoms. The first-order chi connectivity index (χ1) is 16.9. The molecular formula is C19H32N10O6S. The summed E-state index contributed by atoms with van der Waals surface area (Å²) in [5.41, 5.74) is 22.1. The van der Waals surface area contributed by atoms with E-state index < -0.39 is 60.2 Å². The van der Waals surface area contributed by atoms with Gasteiger partial charge in [0.2, 0.25) is 23.6 Å². The number of rotatable bonds is 16. The van der Waals surface area contributed by atoms with Gasteiger partial charge in [0.15, 0.2) is 5.96 Å². The third kappa shape index (κ3) is 11.0. The molecule has 0 spiro atoms. The molecule has 36 heavy (non-hydrogen) atoms. The number of imidazole rings is 1. The first-order valence-corrected chi connectivity index (χ1v) is 11.4. The maximum atomic E-state index is 12.7. The molecule has 1 aromatic rings. The normalized spacial score (nSPS) is 13.9. The fourth-order valence-electron chi connectivity index (χ4n) is 2.91. The van der Waals surface area contributed by atoms with Crippen molar-refractivity contribution in [3.05, 3.63) is 18.2 Å². The highest BCUT2D eigenvalue weighted by atomic mass is 32.1. The van der Waals surface area contributed by atoms with Gasteiger partial charge in [0.05, 0.1) is 18.8 Å². The minimum absolute atomic E-state index is 0.0291. The minimum Gasteiger partial charge on any atom is -0.480 e. The molecule has 4 atom stereocenters. The van der Waals surface area contributed by atoms with Crippen molar-refractivity contribution >= 4 is 48.2 Å². The van der Waals surface area contributed by atoms with E-state index in [4.69, 9.17) is 22.9 Å². The Kier molecular flexibility index (Phi) is 12.7. The molecule has 200 valence electrons. The number of primary amides is 1. The van der Waals surface area contributed by atoms with Crippen molar-refractivity contribution in [3.8, 4) is 0 Å². The Labute approximate surface area is 211 Å². The van der Waals surface area contributed by atoms with Crippen molar-refractivity contribution in [2.75, 3.05) is 12.3 Å². The number of guanidine groups is 1. The van der Waals surface area contributed by atoms with E-state index in [0.717, 1.165) is 0 Å². The minimum atomic E-state index is -1.51. The summed E-state index contributed by atoms with van der Waals surface area (Å²) >= 11 is 4.04. The Morgan fingerprint density at radius 1 is 1.03 bits per heavy atom. The van der Waals surface area contributed by atoms with Gasteiger partial charge in [0.1, 0.15) is 18.1 Å². The van der Waals surface area contributed by atoms with E-state index in [-0.39, 0.29) is 37.5 Å². The van der Waals surface area contributed by atoms with Gasteiger partial charge in [0.25, 0.3) is 0 Å². The molecule has 0 aliphatic heterocycles. The van der Waals surface area contributed by atoms with Gasteiger partial charge in [-0.25, -0.2) is 9.78 Å². The predicted molar refractivity (Wildman–Crippen MR) is 131 cm³/mol. The Morgan fingerprint density at radius 2 is 1.64 bits per heavy atom. The molecule has 17 heteroatoms. The number of thiol groups is 1. The number of carbonyl (C=O) groups is 5. The third-order valence-electron chi connectivity index (χ3n) is 4.75. The smallest absolute Gasteiger partial charge is 0.326 e. The van der Waals surface area contributed by atoms with Crippen LogP contribution in [0, 0.1) is 0 Å². The summed E-state index contributed by atoms with van der Waals surface area (Å²) in [6.07, 6.45) is 2.62. The standard InChI is InChI=1S/C19H32N10O6S/c20-10(4-9-6-24-8-26-9)15(31)29-13(7-36)17(33)28-12(5-14(21)30)16(32)27-11(18(34)35)2-1-3-25-19(22)23/h6,8,10-13,36H,1-5,7,20H2,(H2,21,30)(H,24,26)(H,27,32)(H,28,33)(H,29,31)(H,34,35)(H4,22,23,25). The van der Waals surface area contributed by atoms with Gasteiger partial charge >= 0.3 is 5.97 Å². The van der Waals surface area contributed by atoms with Crippen molar-refractivity contribution < 1.29 is 29.1 Å². The average molecular weight is 529 g/mol. The van der Waals surface area contributed by atoms with E-state index in [0.29, 0.717) is 5.69 Å². The lowest BCUT2D eigenvalue weighted by atomic mass is 10.1. The number of aromatic nitrogens is 2. The summed E-state index contributed by atoms with van der Waals surface area (Å²) in [6.45, 7) is 0.134. The van der Waals surface area contributed by atoms with E-state index in [9.17, 15) is 29.1 Å². The molecule has 0 aliphatic rings. The molecule has 0 fully saturated rings. The Balaban J connectivity index is 2.80. The number of nitrogens with one attached hydrogen (secondary N) is 4. The largest absolute Gasteiger partial charge is 0.480 e. The zero-order valence-corrected chi connectivity index (χ0v) is 20.2. The summed E-state index contributed by atoms with van der Waals surface area (Å²) in [4.78, 5) is 71.2. The molecule has 1 rings (SSSR count). The second-order valence-corrected chi connectivity index (χ2v) is 8.08. The van der Waals surface area contributed by atoms with Crippen molar-refractivity contribution in [3.63, 3.8) is 0 Å². The number of nitrogens with two attached hydrogens (primary N) is 4. The maximum absolute atomic E-state index is 12.7. The van der Waals surface area contributed by atoms with Crippen LogP contribution in [0.3, 0.4) is 0 Å². The fraction of sp³-hybridized carbons (Fsp3) is 0.526. The lowest BCUT2D eigenvalue weighted by Crippen LogP contribution is -2.58. The maximum Gasteiger partial charge on any atom is 0.326 e. The molecule has 1 aromatic heterocycles. The SMILES string of the molecule is NC(=O)CC(NC(=O)C(CS)NC(=O)C(N)Cc1cnc[nH]1)C(=O)NC(CCCN=C(N)N)C(=O)O. The highest BCUT2D eigenvalue weighted by Crippen LogP contribution is 2.03. The summed E-state index contributed by atoms with van der Waals surface area (Å²) < 4.78 is 0. The van der Waals surface area contributed by atoms with Crippen LogP contribution in [0.2, 0.25) is 0 Å². The van der Waals surface area contributed by atoms with Crippen molar-refractivity contribution in [2.45, 2.75) is 49.9 Å². The van der Waals surface area contributed by atoms with Crippen LogP contribution >= 0.6 is 12.6 Å². The number of aliphatic carboxylic acids is 1. The molecule has 0 radical (unpaired) electrons. The van der Waals surface area contributed by atoms with Crippen molar-refractivity contribution in [2.24, 2.45) is 27.9 Å². The van der Waals surface area contributed by atoms with Crippen LogP contribution in [0.5, 0.6) is 0 Å². The van der Waals surface area contributed by atoms with E-state index >= 15 is 0 Å². The van der Waals surface area contributed by atoms with Crippen molar-refractivity contribution in [1.29, 1.82) is 0 Å². The van der Waals surface area contributed by atoms with Gasteiger partial charge in [0, 0.05) is 30.6 Å². The first-order valence-electron chi connectivity index (χ1n) is 10.8. The Bertz CT molecular complexity index is 937. The number of carbonyl (C=O) groups excluding carboxylic acids is 4. The second-order valence-electron chi connectivity index (χ2n) is 7.71. The molecule has 4 amide bonds. The van der Waals surface area contributed by atoms with E-state index in [1.165, 1.54) is 12.5 Å². The average Bonchev–Trinajstić information content (AvgIpc) is 3.30. The van der Waals surface area contributed by atoms with Gasteiger partial charge < -0.3 is 49.0 Å². The van der Waals surface area contributed by atoms with Crippen LogP contribution in [0.1, 0.15) is 25.0 Å². The Morgan fingerprint density at radius 3 is 2.17 bits per heavy atom. The zero-order chi connectivity index (χ0) is 27.3. The van der Waals surface area contributed by atoms with Crippen LogP contribution in [0.4, 0.5) is 0 Å². The van der Waals surface area contributed by atoms with E-state index in [2.05, 4.69) is 43.5 Å². The van der Waals surface area contributed by atoms with E-state index in [1.54, 1.807) is 0 Å². The summed E-state index contributed by atoms with van der Waals surface area (Å²) in [5.74, 6) is -5.08. The Hall–Kier alpha value is -3.86. The third-order valence-corrected chi connectivity index (χ3v) is 5.11. The number of hydrogen-bond donors (Lipinski definition) is 10. The number of aromatic amines is 1. The number of carboxylic acids is 1. The molecule has 0 saturated carbocycles. The molecule has 4 unspecified atom stereocenters. The second kappa shape index (κ2) is 15.2. The monoisotopic (exact) mass is 528 g/mol. The molecule has 0 saturated heterocycles. The molecule has 1 heterocycles.